The van der Waals surface area contributed by atoms with Gasteiger partial charge >= 0.3 is 5.97 Å². The van der Waals surface area contributed by atoms with Gasteiger partial charge in [-0.25, -0.2) is 4.79 Å². The molecule has 3 fully saturated rings. The summed E-state index contributed by atoms with van der Waals surface area (Å²) in [5.41, 5.74) is 17.4. The predicted molar refractivity (Wildman–Crippen MR) is 416 cm³/mol. The van der Waals surface area contributed by atoms with Crippen LogP contribution in [0.3, 0.4) is 0 Å². The molecule has 20 atom stereocenters. The van der Waals surface area contributed by atoms with E-state index in [1.807, 2.05) is 0 Å². The Morgan fingerprint density at radius 1 is 0.569 bits per heavy atom. The van der Waals surface area contributed by atoms with Crippen LogP contribution in [0.4, 0.5) is 0 Å². The van der Waals surface area contributed by atoms with Crippen molar-refractivity contribution in [2.75, 3.05) is 32.7 Å². The molecule has 3 saturated heterocycles. The molecule has 0 saturated carbocycles. The molecule has 0 spiro atoms. The molecular formula is C76H126N16O24. The maximum absolute atomic E-state index is 14.8. The molecule has 1 aromatic rings. The van der Waals surface area contributed by atoms with Crippen molar-refractivity contribution in [3.63, 3.8) is 0 Å². The minimum absolute atomic E-state index is 0.0135. The molecule has 40 heteroatoms. The van der Waals surface area contributed by atoms with E-state index in [0.717, 1.165) is 90.4 Å². The number of aromatic hydroxyl groups is 1. The summed E-state index contributed by atoms with van der Waals surface area (Å²) in [5, 5.41) is 114. The van der Waals surface area contributed by atoms with Crippen LogP contribution in [-0.4, -0.2) is 293 Å². The third kappa shape index (κ3) is 32.3. The molecule has 0 aliphatic carbocycles. The van der Waals surface area contributed by atoms with Crippen LogP contribution < -0.4 is 75.7 Å². The number of nitrogens with zero attached hydrogens (tertiary/aromatic N) is 2. The molecule has 40 nitrogen and oxygen atoms in total. The van der Waals surface area contributed by atoms with Gasteiger partial charge < -0.3 is 131 Å². The van der Waals surface area contributed by atoms with E-state index in [1.165, 1.54) is 45.0 Å². The van der Waals surface area contributed by atoms with Gasteiger partial charge in [-0.05, 0) is 110 Å². The summed E-state index contributed by atoms with van der Waals surface area (Å²) in [5.74, 6) is -18.1. The number of benzene rings is 1. The minimum atomic E-state index is -2.25. The highest BCUT2D eigenvalue weighted by atomic mass is 16.5. The second-order valence-electron chi connectivity index (χ2n) is 30.7. The number of rotatable bonds is 30. The van der Waals surface area contributed by atoms with Crippen LogP contribution in [0.5, 0.6) is 5.75 Å². The molecule has 3 heterocycles. The third-order valence-corrected chi connectivity index (χ3v) is 20.3. The van der Waals surface area contributed by atoms with Gasteiger partial charge in [0.05, 0.1) is 68.2 Å². The maximum Gasteiger partial charge on any atom is 0.328 e. The lowest BCUT2D eigenvalue weighted by Gasteiger charge is -2.34. The summed E-state index contributed by atoms with van der Waals surface area (Å²) in [7, 11) is 0. The number of unbranched alkanes of at least 4 members (excludes halogenated alkanes) is 10. The molecule has 654 valence electrons. The monoisotopic (exact) mass is 1650 g/mol. The smallest absolute Gasteiger partial charge is 0.328 e. The molecule has 1 aromatic carbocycles. The number of fused-ring (bicyclic) bond motifs is 2. The van der Waals surface area contributed by atoms with Crippen molar-refractivity contribution in [1.29, 1.82) is 0 Å². The highest BCUT2D eigenvalue weighted by Gasteiger charge is 2.49. The number of nitrogens with two attached hydrogens (primary N) is 3. The minimum Gasteiger partial charge on any atom is -0.508 e. The van der Waals surface area contributed by atoms with Gasteiger partial charge in [-0.1, -0.05) is 97.1 Å². The van der Waals surface area contributed by atoms with Crippen LogP contribution in [-0.2, 0) is 83.1 Å². The number of carbonyl (C=O) groups is 15. The van der Waals surface area contributed by atoms with Crippen LogP contribution in [0.2, 0.25) is 0 Å². The van der Waals surface area contributed by atoms with Crippen molar-refractivity contribution in [3.8, 4) is 5.75 Å². The van der Waals surface area contributed by atoms with Gasteiger partial charge in [0.1, 0.15) is 78.3 Å². The summed E-state index contributed by atoms with van der Waals surface area (Å²) in [6, 6.07) is -15.7. The van der Waals surface area contributed by atoms with Crippen LogP contribution in [0.15, 0.2) is 24.3 Å². The average Bonchev–Trinajstić information content (AvgIpc) is 1.64. The number of cyclic esters (lactones) is 1. The number of phenolic OH excluding ortho intramolecular Hbond substituents is 1. The Hall–Kier alpha value is -9.29. The molecule has 4 rings (SSSR count). The fraction of sp³-hybridized carbons (Fsp3) is 0.724. The number of primary amides is 1. The molecule has 116 heavy (non-hydrogen) atoms. The lowest BCUT2D eigenvalue weighted by molar-refractivity contribution is -0.155. The molecule has 25 N–H and O–H groups in total. The first kappa shape index (κ1) is 99.1. The maximum atomic E-state index is 14.8. The van der Waals surface area contributed by atoms with Crippen LogP contribution >= 0.6 is 0 Å². The van der Waals surface area contributed by atoms with Crippen molar-refractivity contribution in [2.24, 2.45) is 23.1 Å². The van der Waals surface area contributed by atoms with Crippen molar-refractivity contribution >= 4 is 88.7 Å². The Morgan fingerprint density at radius 2 is 1.09 bits per heavy atom. The Balaban J connectivity index is 1.84. The van der Waals surface area contributed by atoms with Gasteiger partial charge in [-0.3, -0.25) is 67.1 Å². The van der Waals surface area contributed by atoms with E-state index in [9.17, 15) is 113 Å². The topological polar surface area (TPSA) is 644 Å². The second-order valence-corrected chi connectivity index (χ2v) is 30.7. The van der Waals surface area contributed by atoms with Crippen LogP contribution in [0, 0.1) is 5.92 Å². The summed E-state index contributed by atoms with van der Waals surface area (Å²) >= 11 is 0. The SMILES string of the molecule is CCCCCCCCCCCCC[C@@H]1CC(=O)N[C@H]([C@@H](C)O)C(=O)N[C@H](C)C(=O)N[C@@H](Cc2ccc(O)cc2)C(=O)N[C@@H](C(C)C)C(=O)N2C[C@H](O)C[C@H]2C(=O)N[C@H]([C@@H](C)O)C(=O)N[C@@H]([C@@H](C)O)C(=O)N2CC[C@H](O)[C@H]2C(=O)N[C@@H]([C@H](O)CC(N)=O)C(=O)NCC(=O)N[C@H]([C@@H](C)O)C(=O)N[C@@H](CCCNC(=O)[C@H](N)CCCN)C(=O)O1. The molecule has 0 unspecified atom stereocenters. The normalized spacial score (nSPS) is 27.2. The third-order valence-electron chi connectivity index (χ3n) is 20.3. The number of hydrogen-bond donors (Lipinski definition) is 22. The van der Waals surface area contributed by atoms with Crippen molar-refractivity contribution in [2.45, 2.75) is 312 Å². The number of carbonyl (C=O) groups excluding carboxylic acids is 15. The van der Waals surface area contributed by atoms with Gasteiger partial charge in [0.2, 0.25) is 82.7 Å². The predicted octanol–water partition coefficient (Wildman–Crippen LogP) is -6.25. The largest absolute Gasteiger partial charge is 0.508 e. The number of aliphatic hydroxyl groups is 7. The molecule has 3 aliphatic rings. The highest BCUT2D eigenvalue weighted by Crippen LogP contribution is 2.25. The lowest BCUT2D eigenvalue weighted by Crippen LogP contribution is -2.64. The molecular weight excluding hydrogens is 1520 g/mol. The van der Waals surface area contributed by atoms with E-state index < -0.39 is 255 Å². The number of amides is 14. The summed E-state index contributed by atoms with van der Waals surface area (Å²) in [4.78, 5) is 213. The average molecular weight is 1650 g/mol. The molecule has 0 radical (unpaired) electrons. The lowest BCUT2D eigenvalue weighted by atomic mass is 9.99. The molecule has 0 aromatic heterocycles. The van der Waals surface area contributed by atoms with Gasteiger partial charge in [0.15, 0.2) is 0 Å². The first-order chi connectivity index (χ1) is 54.7. The van der Waals surface area contributed by atoms with Crippen molar-refractivity contribution in [3.05, 3.63) is 29.8 Å². The Bertz CT molecular complexity index is 3440. The van der Waals surface area contributed by atoms with Gasteiger partial charge in [0, 0.05) is 32.5 Å². The summed E-state index contributed by atoms with van der Waals surface area (Å²) in [6.45, 7) is 8.67. The first-order valence-electron chi connectivity index (χ1n) is 40.1. The Labute approximate surface area is 674 Å². The summed E-state index contributed by atoms with van der Waals surface area (Å²) < 4.78 is 6.03. The number of phenols is 1. The quantitative estimate of drug-likeness (QED) is 0.0252. The molecule has 14 amide bonds. The fourth-order valence-electron chi connectivity index (χ4n) is 13.6. The number of nitrogens with one attached hydrogen (secondary N) is 11. The van der Waals surface area contributed by atoms with E-state index in [0.29, 0.717) is 29.7 Å². The van der Waals surface area contributed by atoms with E-state index >= 15 is 0 Å². The van der Waals surface area contributed by atoms with Crippen LogP contribution in [0.25, 0.3) is 0 Å². The standard InChI is InChI=1S/C76H126N16O24/c1-9-10-11-12-13-14-15-16-17-18-19-22-48-35-56(102)85-59(41(5)93)70(109)82-40(4)65(104)84-51(33-45-25-27-46(97)28-26-45)67(106)87-58(39(2)3)74(113)92-38-47(98)34-52(92)68(107)88-61(43(7)95)72(111)89-62(44(8)96)75(114)91-32-29-53(99)64(91)73(112)90-63(54(100)36-55(79)101)69(108)81-37-57(103)86-60(42(6)94)71(110)83-50(76(115)116-48)24-21-31-80-66(105)49(78)23-20-30-77/h25-28,39-44,47-54,58-64,93-100H,9-24,29-38,77-78H2,1-8H3,(H2,79,101)(H,80,105)(H,81,108)(H,82,109)(H,83,110)(H,84,104)(H,85,102)(H,86,103)(H,87,106)(H,88,107)(H,89,111)(H,90,112)/t40-,41-,42-,43-,44-,47-,48-,49-,50+,51+,52+,53+,54-,58+,59-,60-,61-,62+,63+,64+/m1/s1. The molecule has 3 aliphatic heterocycles. The number of ether oxygens (including phenoxy) is 1. The van der Waals surface area contributed by atoms with Gasteiger partial charge in [-0.15, -0.1) is 0 Å². The van der Waals surface area contributed by atoms with E-state index in [-0.39, 0.29) is 57.4 Å². The molecule has 0 bridgehead atoms. The second kappa shape index (κ2) is 49.7. The zero-order chi connectivity index (χ0) is 86.8. The highest BCUT2D eigenvalue weighted by molar-refractivity contribution is 6.00. The number of esters is 1. The van der Waals surface area contributed by atoms with E-state index in [2.05, 4.69) is 65.4 Å². The van der Waals surface area contributed by atoms with Gasteiger partial charge in [-0.2, -0.15) is 0 Å². The van der Waals surface area contributed by atoms with E-state index in [4.69, 9.17) is 21.9 Å². The number of hydrogen-bond acceptors (Lipinski definition) is 26. The van der Waals surface area contributed by atoms with Crippen molar-refractivity contribution in [1.82, 2.24) is 68.3 Å². The Kier molecular flexibility index (Phi) is 42.4. The summed E-state index contributed by atoms with van der Waals surface area (Å²) in [6.07, 6.45) is -6.36. The number of aliphatic hydroxyl groups excluding tert-OH is 7. The Morgan fingerprint density at radius 3 is 1.66 bits per heavy atom. The van der Waals surface area contributed by atoms with E-state index in [1.54, 1.807) is 0 Å². The zero-order valence-corrected chi connectivity index (χ0v) is 67.6. The zero-order valence-electron chi connectivity index (χ0n) is 67.6. The van der Waals surface area contributed by atoms with Gasteiger partial charge in [0.25, 0.3) is 0 Å². The van der Waals surface area contributed by atoms with Crippen molar-refractivity contribution < 1.29 is 118 Å². The first-order valence-corrected chi connectivity index (χ1v) is 40.1. The van der Waals surface area contributed by atoms with Crippen LogP contribution in [0.1, 0.15) is 189 Å². The fourth-order valence-corrected chi connectivity index (χ4v) is 13.6.